The first-order valence-corrected chi connectivity index (χ1v) is 4.59. The average Bonchev–Trinajstić information content (AvgIpc) is 2.25. The van der Waals surface area contributed by atoms with E-state index in [-0.39, 0.29) is 0 Å². The van der Waals surface area contributed by atoms with Crippen molar-refractivity contribution in [1.82, 2.24) is 9.97 Å². The topological polar surface area (TPSA) is 47.0 Å². The Morgan fingerprint density at radius 1 is 1.57 bits per heavy atom. The summed E-state index contributed by atoms with van der Waals surface area (Å²) in [4.78, 5) is 8.18. The summed E-state index contributed by atoms with van der Waals surface area (Å²) in [6.07, 6.45) is 6.75. The number of rotatable bonds is 5. The molecule has 1 aromatic rings. The van der Waals surface area contributed by atoms with E-state index in [1.54, 1.807) is 19.4 Å². The van der Waals surface area contributed by atoms with Gasteiger partial charge in [-0.3, -0.25) is 0 Å². The summed E-state index contributed by atoms with van der Waals surface area (Å²) in [7, 11) is 1.59. The number of hydrogen-bond donors (Lipinski definition) is 1. The minimum Gasteiger partial charge on any atom is -0.481 e. The highest BCUT2D eigenvalue weighted by Crippen LogP contribution is 2.06. The van der Waals surface area contributed by atoms with Crippen LogP contribution in [0.4, 0.5) is 5.95 Å². The summed E-state index contributed by atoms with van der Waals surface area (Å²) in [6.45, 7) is 2.83. The monoisotopic (exact) mass is 193 g/mol. The Balaban J connectivity index is 2.42. The summed E-state index contributed by atoms with van der Waals surface area (Å²) in [6, 6.07) is 1.72. The second kappa shape index (κ2) is 5.96. The number of nitrogens with zero attached hydrogens (tertiary/aromatic N) is 2. The van der Waals surface area contributed by atoms with Crippen molar-refractivity contribution in [2.75, 3.05) is 19.0 Å². The van der Waals surface area contributed by atoms with Crippen molar-refractivity contribution in [2.24, 2.45) is 0 Å². The first-order valence-electron chi connectivity index (χ1n) is 4.59. The van der Waals surface area contributed by atoms with Gasteiger partial charge in [0, 0.05) is 18.8 Å². The molecule has 1 N–H and O–H groups in total. The fourth-order valence-electron chi connectivity index (χ4n) is 0.975. The van der Waals surface area contributed by atoms with E-state index in [0.717, 1.165) is 13.0 Å². The normalized spacial score (nSPS) is 10.4. The lowest BCUT2D eigenvalue weighted by Crippen LogP contribution is -2.04. The quantitative estimate of drug-likeness (QED) is 0.572. The van der Waals surface area contributed by atoms with E-state index in [9.17, 15) is 0 Å². The molecule has 0 aromatic carbocycles. The van der Waals surface area contributed by atoms with Crippen molar-refractivity contribution in [1.29, 1.82) is 0 Å². The Hall–Kier alpha value is -1.58. The highest BCUT2D eigenvalue weighted by atomic mass is 16.5. The van der Waals surface area contributed by atoms with Crippen LogP contribution in [-0.2, 0) is 0 Å². The molecule has 14 heavy (non-hydrogen) atoms. The number of ether oxygens (including phenoxy) is 1. The summed E-state index contributed by atoms with van der Waals surface area (Å²) in [5.41, 5.74) is 0. The van der Waals surface area contributed by atoms with E-state index in [1.165, 1.54) is 0 Å². The number of hydrogen-bond acceptors (Lipinski definition) is 4. The summed E-state index contributed by atoms with van der Waals surface area (Å²) in [5.74, 6) is 1.18. The third kappa shape index (κ3) is 3.43. The van der Waals surface area contributed by atoms with Crippen LogP contribution in [-0.4, -0.2) is 23.6 Å². The van der Waals surface area contributed by atoms with E-state index < -0.39 is 0 Å². The van der Waals surface area contributed by atoms with Gasteiger partial charge in [0.05, 0.1) is 7.11 Å². The largest absolute Gasteiger partial charge is 0.481 e. The zero-order valence-corrected chi connectivity index (χ0v) is 8.53. The third-order valence-electron chi connectivity index (χ3n) is 1.67. The molecule has 0 amide bonds. The second-order valence-electron chi connectivity index (χ2n) is 2.71. The molecular weight excluding hydrogens is 178 g/mol. The maximum atomic E-state index is 4.98. The van der Waals surface area contributed by atoms with Crippen molar-refractivity contribution >= 4 is 5.95 Å². The Bertz CT molecular complexity index is 299. The highest BCUT2D eigenvalue weighted by molar-refractivity contribution is 5.27. The molecule has 0 saturated heterocycles. The van der Waals surface area contributed by atoms with Crippen LogP contribution in [0.25, 0.3) is 0 Å². The van der Waals surface area contributed by atoms with Gasteiger partial charge in [-0.25, -0.2) is 4.98 Å². The fraction of sp³-hybridized carbons (Fsp3) is 0.400. The molecule has 0 unspecified atom stereocenters. The molecule has 76 valence electrons. The van der Waals surface area contributed by atoms with Crippen LogP contribution in [0.3, 0.4) is 0 Å². The van der Waals surface area contributed by atoms with Crippen LogP contribution in [0.15, 0.2) is 24.4 Å². The molecule has 0 aliphatic carbocycles. The van der Waals surface area contributed by atoms with E-state index in [0.29, 0.717) is 11.8 Å². The first-order chi connectivity index (χ1) is 6.86. The predicted molar refractivity (Wildman–Crippen MR) is 56.5 cm³/mol. The number of methoxy groups -OCH3 is 1. The van der Waals surface area contributed by atoms with E-state index in [2.05, 4.69) is 21.4 Å². The zero-order valence-electron chi connectivity index (χ0n) is 8.53. The highest BCUT2D eigenvalue weighted by Gasteiger charge is 1.96. The molecule has 0 saturated carbocycles. The van der Waals surface area contributed by atoms with Crippen molar-refractivity contribution < 1.29 is 4.74 Å². The fourth-order valence-corrected chi connectivity index (χ4v) is 0.975. The average molecular weight is 193 g/mol. The SMILES string of the molecule is C/C=C/CCNc1nccc(OC)n1. The lowest BCUT2D eigenvalue weighted by atomic mass is 10.4. The minimum absolute atomic E-state index is 0.577. The van der Waals surface area contributed by atoms with Crippen molar-refractivity contribution in [3.05, 3.63) is 24.4 Å². The molecule has 0 aliphatic rings. The summed E-state index contributed by atoms with van der Waals surface area (Å²) in [5, 5.41) is 3.10. The third-order valence-corrected chi connectivity index (χ3v) is 1.67. The maximum absolute atomic E-state index is 4.98. The van der Waals surface area contributed by atoms with Gasteiger partial charge >= 0.3 is 0 Å². The minimum atomic E-state index is 0.577. The number of aromatic nitrogens is 2. The molecule has 0 atom stereocenters. The van der Waals surface area contributed by atoms with Crippen molar-refractivity contribution in [3.63, 3.8) is 0 Å². The molecule has 0 fully saturated rings. The van der Waals surface area contributed by atoms with Gasteiger partial charge in [0.25, 0.3) is 0 Å². The molecule has 1 heterocycles. The molecule has 0 radical (unpaired) electrons. The van der Waals surface area contributed by atoms with Crippen LogP contribution in [0, 0.1) is 0 Å². The van der Waals surface area contributed by atoms with Gasteiger partial charge in [-0.1, -0.05) is 12.2 Å². The Labute approximate surface area is 84.0 Å². The van der Waals surface area contributed by atoms with Crippen LogP contribution in [0.5, 0.6) is 5.88 Å². The van der Waals surface area contributed by atoms with Crippen LogP contribution in [0.2, 0.25) is 0 Å². The number of allylic oxidation sites excluding steroid dienone is 1. The van der Waals surface area contributed by atoms with Gasteiger partial charge in [-0.15, -0.1) is 0 Å². The number of anilines is 1. The van der Waals surface area contributed by atoms with Gasteiger partial charge < -0.3 is 10.1 Å². The van der Waals surface area contributed by atoms with Crippen molar-refractivity contribution in [3.8, 4) is 5.88 Å². The first kappa shape index (κ1) is 10.5. The molecular formula is C10H15N3O. The van der Waals surface area contributed by atoms with Crippen LogP contribution >= 0.6 is 0 Å². The van der Waals surface area contributed by atoms with Gasteiger partial charge in [0.15, 0.2) is 0 Å². The summed E-state index contributed by atoms with van der Waals surface area (Å²) < 4.78 is 4.98. The van der Waals surface area contributed by atoms with E-state index in [4.69, 9.17) is 4.74 Å². The van der Waals surface area contributed by atoms with E-state index in [1.807, 2.05) is 13.0 Å². The number of nitrogens with one attached hydrogen (secondary N) is 1. The molecule has 4 heteroatoms. The van der Waals surface area contributed by atoms with Gasteiger partial charge in [-0.05, 0) is 13.3 Å². The van der Waals surface area contributed by atoms with Crippen molar-refractivity contribution in [2.45, 2.75) is 13.3 Å². The van der Waals surface area contributed by atoms with Gasteiger partial charge in [-0.2, -0.15) is 4.98 Å². The Morgan fingerprint density at radius 3 is 3.14 bits per heavy atom. The predicted octanol–water partition coefficient (Wildman–Crippen LogP) is 1.86. The van der Waals surface area contributed by atoms with Crippen LogP contribution < -0.4 is 10.1 Å². The van der Waals surface area contributed by atoms with E-state index >= 15 is 0 Å². The second-order valence-corrected chi connectivity index (χ2v) is 2.71. The molecule has 1 rings (SSSR count). The lowest BCUT2D eigenvalue weighted by molar-refractivity contribution is 0.397. The van der Waals surface area contributed by atoms with Crippen LogP contribution in [0.1, 0.15) is 13.3 Å². The molecule has 4 nitrogen and oxygen atoms in total. The van der Waals surface area contributed by atoms with Gasteiger partial charge in [0.2, 0.25) is 11.8 Å². The smallest absolute Gasteiger partial charge is 0.225 e. The molecule has 0 bridgehead atoms. The van der Waals surface area contributed by atoms with Gasteiger partial charge in [0.1, 0.15) is 0 Å². The molecule has 0 aliphatic heterocycles. The standard InChI is InChI=1S/C10H15N3O/c1-3-4-5-7-11-10-12-8-6-9(13-10)14-2/h3-4,6,8H,5,7H2,1-2H3,(H,11,12,13)/b4-3+. The molecule has 0 spiro atoms. The lowest BCUT2D eigenvalue weighted by Gasteiger charge is -2.03. The Kier molecular flexibility index (Phi) is 4.47. The zero-order chi connectivity index (χ0) is 10.2. The Morgan fingerprint density at radius 2 is 2.43 bits per heavy atom. The maximum Gasteiger partial charge on any atom is 0.225 e. The summed E-state index contributed by atoms with van der Waals surface area (Å²) >= 11 is 0. The molecule has 1 aromatic heterocycles.